The van der Waals surface area contributed by atoms with Crippen molar-refractivity contribution >= 4 is 60.8 Å². The van der Waals surface area contributed by atoms with Crippen LogP contribution in [0.4, 0.5) is 5.69 Å². The fourth-order valence-electron chi connectivity index (χ4n) is 4.24. The smallest absolute Gasteiger partial charge is 0.289 e. The molecule has 0 radical (unpaired) electrons. The van der Waals surface area contributed by atoms with Gasteiger partial charge in [0.05, 0.1) is 11.3 Å². The fourth-order valence-corrected chi connectivity index (χ4v) is 5.88. The summed E-state index contributed by atoms with van der Waals surface area (Å²) in [4.78, 5) is 29.6. The first-order valence-corrected chi connectivity index (χ1v) is 14.8. The number of nitrogens with zero attached hydrogens (tertiary/aromatic N) is 5. The largest absolute Gasteiger partial charge is 0.486 e. The van der Waals surface area contributed by atoms with Gasteiger partial charge in [0.15, 0.2) is 5.11 Å². The summed E-state index contributed by atoms with van der Waals surface area (Å²) in [6, 6.07) is 12.5. The Balaban J connectivity index is 1.43. The molecule has 2 fully saturated rings. The van der Waals surface area contributed by atoms with Gasteiger partial charge in [-0.2, -0.15) is 8.42 Å². The van der Waals surface area contributed by atoms with Gasteiger partial charge in [0.1, 0.15) is 19.6 Å². The van der Waals surface area contributed by atoms with E-state index in [1.165, 1.54) is 16.8 Å². The van der Waals surface area contributed by atoms with E-state index in [0.29, 0.717) is 5.69 Å². The molecule has 2 aromatic carbocycles. The molecule has 2 heterocycles. The van der Waals surface area contributed by atoms with E-state index < -0.39 is 16.1 Å². The van der Waals surface area contributed by atoms with Crippen LogP contribution in [-0.2, 0) is 33.2 Å². The molecule has 11 nitrogen and oxygen atoms in total. The molecule has 1 aromatic heterocycles. The third-order valence-electron chi connectivity index (χ3n) is 6.50. The predicted octanol–water partition coefficient (Wildman–Crippen LogP) is 1.91. The zero-order valence-electron chi connectivity index (χ0n) is 21.1. The molecule has 1 unspecified atom stereocenters. The summed E-state index contributed by atoms with van der Waals surface area (Å²) in [5.74, 6) is -0.624. The second-order valence-corrected chi connectivity index (χ2v) is 12.3. The highest BCUT2D eigenvalue weighted by Gasteiger charge is 2.49. The summed E-state index contributed by atoms with van der Waals surface area (Å²) in [6.07, 6.45) is 1.50. The van der Waals surface area contributed by atoms with E-state index >= 15 is 0 Å². The van der Waals surface area contributed by atoms with Crippen molar-refractivity contribution in [2.24, 2.45) is 11.4 Å². The number of thiocarbonyl (C=S) groups is 1. The first-order valence-electron chi connectivity index (χ1n) is 12.1. The number of aromatic nitrogens is 2. The van der Waals surface area contributed by atoms with Crippen LogP contribution in [0, 0.1) is 6.92 Å². The lowest BCUT2D eigenvalue weighted by atomic mass is 10.1. The second kappa shape index (κ2) is 10.7. The van der Waals surface area contributed by atoms with Crippen molar-refractivity contribution in [3.63, 3.8) is 0 Å². The first kappa shape index (κ1) is 27.2. The van der Waals surface area contributed by atoms with E-state index in [1.807, 2.05) is 6.92 Å². The summed E-state index contributed by atoms with van der Waals surface area (Å²) >= 11 is 9.03. The number of amides is 2. The summed E-state index contributed by atoms with van der Waals surface area (Å²) in [6.45, 7) is 1.81. The van der Waals surface area contributed by atoms with Crippen molar-refractivity contribution in [2.75, 3.05) is 5.32 Å². The summed E-state index contributed by atoms with van der Waals surface area (Å²) in [5.41, 5.74) is 1.56. The number of rotatable bonds is 8. The van der Waals surface area contributed by atoms with Gasteiger partial charge in [-0.15, -0.1) is 4.40 Å². The average molecular weight is 634 g/mol. The molecule has 2 aliphatic rings. The number of carbonyl (C=O) groups excluding carboxylic acids is 2. The number of benzene rings is 2. The van der Waals surface area contributed by atoms with Crippen molar-refractivity contribution in [3.05, 3.63) is 69.8 Å². The van der Waals surface area contributed by atoms with E-state index in [2.05, 4.69) is 30.9 Å². The van der Waals surface area contributed by atoms with Crippen LogP contribution in [0.3, 0.4) is 0 Å². The maximum absolute atomic E-state index is 13.4. The van der Waals surface area contributed by atoms with Gasteiger partial charge in [-0.1, -0.05) is 33.6 Å². The van der Waals surface area contributed by atoms with Crippen LogP contribution in [0.5, 0.6) is 0 Å². The first-order chi connectivity index (χ1) is 18.5. The molecule has 204 valence electrons. The zero-order chi connectivity index (χ0) is 27.9. The van der Waals surface area contributed by atoms with E-state index in [1.54, 1.807) is 53.2 Å². The fraction of sp³-hybridized carbons (Fsp3) is 0.320. The monoisotopic (exact) mass is 632 g/mol. The highest BCUT2D eigenvalue weighted by Crippen LogP contribution is 2.34. The molecule has 1 N–H and O–H groups in total. The molecule has 1 atom stereocenters. The number of anilines is 1. The third kappa shape index (κ3) is 5.82. The minimum absolute atomic E-state index is 0.00525. The Morgan fingerprint density at radius 3 is 2.51 bits per heavy atom. The molecule has 14 heteroatoms. The molecule has 39 heavy (non-hydrogen) atoms. The molecular weight excluding hydrogens is 608 g/mol. The van der Waals surface area contributed by atoms with Crippen LogP contribution in [0.2, 0.25) is 0 Å². The van der Waals surface area contributed by atoms with Gasteiger partial charge in [0.2, 0.25) is 5.91 Å². The van der Waals surface area contributed by atoms with Gasteiger partial charge in [-0.05, 0) is 68.4 Å². The average Bonchev–Trinajstić information content (AvgIpc) is 3.62. The van der Waals surface area contributed by atoms with Crippen molar-refractivity contribution in [2.45, 2.75) is 49.7 Å². The van der Waals surface area contributed by atoms with E-state index in [4.69, 9.17) is 16.7 Å². The van der Waals surface area contributed by atoms with Crippen molar-refractivity contribution in [1.82, 2.24) is 15.1 Å². The van der Waals surface area contributed by atoms with Crippen molar-refractivity contribution in [1.29, 1.82) is 0 Å². The molecule has 0 bridgehead atoms. The van der Waals surface area contributed by atoms with E-state index in [-0.39, 0.29) is 52.1 Å². The summed E-state index contributed by atoms with van der Waals surface area (Å²) < 4.78 is 37.3. The highest BCUT2D eigenvalue weighted by atomic mass is 79.9. The molecule has 0 spiro atoms. The summed E-state index contributed by atoms with van der Waals surface area (Å²) in [7, 11) is -2.53. The standard InChI is InChI=1S/C25H25BrN6O5S2/c1-15-3-11-19(12-4-15)39(35,36)28-23-21(30(2)29-37-23)14-31-20(24(34)32(25(31)38)18-9-10-18)13-22(33)27-17-7-5-16(26)6-8-17/h3-8,11-12,18,20H,9-10,13-14H2,1-2H3,(H,27,33)/b28-23-. The van der Waals surface area contributed by atoms with Gasteiger partial charge in [0.25, 0.3) is 27.2 Å². The second-order valence-electron chi connectivity index (χ2n) is 9.45. The number of hydrogen-bond acceptors (Lipinski definition) is 6. The molecule has 1 aliphatic carbocycles. The normalized spacial score (nSPS) is 18.2. The van der Waals surface area contributed by atoms with Crippen LogP contribution in [0.1, 0.15) is 30.5 Å². The minimum atomic E-state index is -4.10. The van der Waals surface area contributed by atoms with Gasteiger partial charge < -0.3 is 14.7 Å². The van der Waals surface area contributed by atoms with Crippen LogP contribution >= 0.6 is 28.1 Å². The maximum atomic E-state index is 13.4. The van der Waals surface area contributed by atoms with Gasteiger partial charge in [0, 0.05) is 16.2 Å². The Bertz CT molecular complexity index is 1610. The Labute approximate surface area is 238 Å². The molecule has 3 aromatic rings. The van der Waals surface area contributed by atoms with Crippen LogP contribution in [0.15, 0.2) is 66.8 Å². The van der Waals surface area contributed by atoms with Crippen LogP contribution < -0.4 is 20.8 Å². The number of halogens is 1. The molecule has 5 rings (SSSR count). The van der Waals surface area contributed by atoms with Crippen LogP contribution in [0.25, 0.3) is 0 Å². The Morgan fingerprint density at radius 2 is 1.87 bits per heavy atom. The van der Waals surface area contributed by atoms with Crippen molar-refractivity contribution < 1.29 is 27.2 Å². The molecule has 2 amide bonds. The number of hydrogen-bond donors (Lipinski definition) is 1. The zero-order valence-corrected chi connectivity index (χ0v) is 24.3. The van der Waals surface area contributed by atoms with Gasteiger partial charge in [-0.3, -0.25) is 19.8 Å². The van der Waals surface area contributed by atoms with Gasteiger partial charge >= 0.3 is 0 Å². The number of aryl methyl sites for hydroxylation is 2. The third-order valence-corrected chi connectivity index (χ3v) is 8.73. The number of carbonyl (C=O) groups is 2. The SMILES string of the molecule is Cc1ccc(S(=O)(=O)/N=c2\o[n-][n+](C)c2CN2C(=S)N(C3CC3)C(=O)C2CC(=O)Nc2ccc(Br)cc2)cc1. The Morgan fingerprint density at radius 1 is 1.21 bits per heavy atom. The summed E-state index contributed by atoms with van der Waals surface area (Å²) in [5, 5.41) is 6.93. The predicted molar refractivity (Wildman–Crippen MR) is 146 cm³/mol. The lowest BCUT2D eigenvalue weighted by molar-refractivity contribution is -0.752. The lowest BCUT2D eigenvalue weighted by Crippen LogP contribution is -2.45. The van der Waals surface area contributed by atoms with E-state index in [0.717, 1.165) is 22.9 Å². The van der Waals surface area contributed by atoms with Crippen LogP contribution in [-0.4, -0.2) is 47.2 Å². The lowest BCUT2D eigenvalue weighted by Gasteiger charge is -2.22. The minimum Gasteiger partial charge on any atom is -0.486 e. The molecule has 1 saturated carbocycles. The van der Waals surface area contributed by atoms with Gasteiger partial charge in [-0.25, -0.2) is 4.68 Å². The van der Waals surface area contributed by atoms with Crippen molar-refractivity contribution in [3.8, 4) is 0 Å². The topological polar surface area (TPSA) is 130 Å². The molecular formula is C25H25BrN6O5S2. The quantitative estimate of drug-likeness (QED) is 0.294. The highest BCUT2D eigenvalue weighted by molar-refractivity contribution is 9.10. The number of sulfonamides is 1. The Kier molecular flexibility index (Phi) is 7.44. The Hall–Kier alpha value is -3.36. The maximum Gasteiger partial charge on any atom is 0.289 e. The molecule has 1 aliphatic heterocycles. The number of nitrogens with one attached hydrogen (secondary N) is 1. The van der Waals surface area contributed by atoms with E-state index in [9.17, 15) is 18.0 Å². The molecule has 1 saturated heterocycles.